The molecule has 0 aromatic heterocycles. The molecule has 2 N–H and O–H groups in total. The number of carbonyl (C=O) groups is 1. The van der Waals surface area contributed by atoms with Gasteiger partial charge < -0.3 is 0 Å². The smallest absolute Gasteiger partial charge is 0.274 e. The molecule has 2 unspecified atom stereocenters. The summed E-state index contributed by atoms with van der Waals surface area (Å²) in [7, 11) is 0. The van der Waals surface area contributed by atoms with E-state index in [-0.39, 0.29) is 11.4 Å². The van der Waals surface area contributed by atoms with Gasteiger partial charge in [0.05, 0.1) is 0 Å². The normalized spacial score (nSPS) is 32.2. The zero-order valence-corrected chi connectivity index (χ0v) is 17.2. The first-order chi connectivity index (χ1) is 14.1. The van der Waals surface area contributed by atoms with E-state index in [1.165, 1.54) is 44.6 Å². The topological polar surface area (TPSA) is 55.8 Å². The number of hydrogen-bond acceptors (Lipinski definition) is 4. The molecule has 5 rings (SSSR count). The van der Waals surface area contributed by atoms with E-state index in [1.807, 2.05) is 0 Å². The van der Waals surface area contributed by atoms with E-state index in [0.717, 1.165) is 42.2 Å². The van der Waals surface area contributed by atoms with Crippen molar-refractivity contribution < 1.29 is 14.4 Å². The molecule has 1 aromatic rings. The molecule has 4 aliphatic rings. The first-order valence-electron chi connectivity index (χ1n) is 11.3. The molecule has 29 heavy (non-hydrogen) atoms. The predicted molar refractivity (Wildman–Crippen MR) is 108 cm³/mol. The Kier molecular flexibility index (Phi) is 5.13. The van der Waals surface area contributed by atoms with Crippen molar-refractivity contribution in [3.05, 3.63) is 34.6 Å². The van der Waals surface area contributed by atoms with Crippen molar-refractivity contribution in [1.29, 1.82) is 0 Å². The number of hydroxylamine groups is 1. The van der Waals surface area contributed by atoms with Crippen molar-refractivity contribution in [2.24, 2.45) is 5.92 Å². The minimum atomic E-state index is -0.653. The van der Waals surface area contributed by atoms with Gasteiger partial charge in [0, 0.05) is 42.8 Å². The van der Waals surface area contributed by atoms with Crippen LogP contribution in [-0.2, 0) is 13.0 Å². The zero-order valence-electron chi connectivity index (χ0n) is 17.2. The Morgan fingerprint density at radius 3 is 2.48 bits per heavy atom. The Hall–Kier alpha value is -1.50. The van der Waals surface area contributed by atoms with Crippen LogP contribution >= 0.6 is 0 Å². The van der Waals surface area contributed by atoms with E-state index in [2.05, 4.69) is 16.7 Å². The summed E-state index contributed by atoms with van der Waals surface area (Å²) in [4.78, 5) is 17.2. The Bertz CT molecular complexity index is 783. The fourth-order valence-corrected chi connectivity index (χ4v) is 6.36. The molecule has 1 aromatic carbocycles. The number of piperidine rings is 1. The molecular weight excluding hydrogens is 369 g/mol. The van der Waals surface area contributed by atoms with E-state index in [1.54, 1.807) is 11.5 Å². The maximum atomic E-state index is 14.7. The summed E-state index contributed by atoms with van der Waals surface area (Å²) < 4.78 is 14.7. The lowest BCUT2D eigenvalue weighted by atomic mass is 9.86. The van der Waals surface area contributed by atoms with Crippen LogP contribution in [0.1, 0.15) is 73.4 Å². The highest BCUT2D eigenvalue weighted by atomic mass is 19.1. The lowest BCUT2D eigenvalue weighted by Gasteiger charge is -2.43. The number of rotatable bonds is 5. The van der Waals surface area contributed by atoms with Crippen LogP contribution < -0.4 is 5.48 Å². The summed E-state index contributed by atoms with van der Waals surface area (Å²) in [6, 6.07) is 5.79. The van der Waals surface area contributed by atoms with Crippen LogP contribution in [0, 0.1) is 11.7 Å². The third-order valence-corrected chi connectivity index (χ3v) is 7.80. The van der Waals surface area contributed by atoms with Crippen molar-refractivity contribution in [3.63, 3.8) is 0 Å². The molecule has 0 spiro atoms. The highest BCUT2D eigenvalue weighted by molar-refractivity contribution is 5.93. The van der Waals surface area contributed by atoms with E-state index >= 15 is 0 Å². The summed E-state index contributed by atoms with van der Waals surface area (Å²) in [5, 5.41) is 8.92. The third kappa shape index (κ3) is 3.60. The number of nitrogens with one attached hydrogen (secondary N) is 1. The van der Waals surface area contributed by atoms with Gasteiger partial charge in [0.2, 0.25) is 0 Å². The molecule has 158 valence electrons. The van der Waals surface area contributed by atoms with Gasteiger partial charge in [-0.15, -0.1) is 0 Å². The molecule has 6 heteroatoms. The zero-order chi connectivity index (χ0) is 20.1. The molecule has 1 saturated carbocycles. The summed E-state index contributed by atoms with van der Waals surface area (Å²) in [5.41, 5.74) is 3.45. The summed E-state index contributed by atoms with van der Waals surface area (Å²) in [5.74, 6) is -0.262. The van der Waals surface area contributed by atoms with E-state index in [0.29, 0.717) is 24.9 Å². The molecule has 2 saturated heterocycles. The highest BCUT2D eigenvalue weighted by Gasteiger charge is 2.47. The molecule has 3 aliphatic heterocycles. The molecule has 3 heterocycles. The van der Waals surface area contributed by atoms with E-state index in [4.69, 9.17) is 5.21 Å². The number of benzene rings is 1. The standard InChI is InChI=1S/C23H32FN3O2/c1-2-17-11-21-16(9-15(10-22(21)24)23(28)25-29)13-26(17)12-14-7-19-5-6-20(8-14)27(19)18-3-4-18/h9-10,14,17-20,29H,2-8,11-13H2,1H3,(H,25,28)/t14?,17-,19?,20?/m1/s1. The lowest BCUT2D eigenvalue weighted by Crippen LogP contribution is -2.49. The third-order valence-electron chi connectivity index (χ3n) is 7.80. The maximum absolute atomic E-state index is 14.7. The lowest BCUT2D eigenvalue weighted by molar-refractivity contribution is 0.0587. The quantitative estimate of drug-likeness (QED) is 0.586. The number of fused-ring (bicyclic) bond motifs is 3. The largest absolute Gasteiger partial charge is 0.296 e. The second-order valence-corrected chi connectivity index (χ2v) is 9.63. The average Bonchev–Trinajstić information content (AvgIpc) is 3.52. The van der Waals surface area contributed by atoms with Gasteiger partial charge in [0.15, 0.2) is 0 Å². The monoisotopic (exact) mass is 401 g/mol. The van der Waals surface area contributed by atoms with Crippen molar-refractivity contribution in [1.82, 2.24) is 15.3 Å². The van der Waals surface area contributed by atoms with Crippen molar-refractivity contribution >= 4 is 5.91 Å². The van der Waals surface area contributed by atoms with Crippen LogP contribution in [0.3, 0.4) is 0 Å². The van der Waals surface area contributed by atoms with Gasteiger partial charge in [0.1, 0.15) is 5.82 Å². The molecule has 3 fully saturated rings. The summed E-state index contributed by atoms with van der Waals surface area (Å²) in [6.45, 7) is 3.95. The number of carbonyl (C=O) groups excluding carboxylic acids is 1. The van der Waals surface area contributed by atoms with Gasteiger partial charge in [-0.25, -0.2) is 9.87 Å². The second-order valence-electron chi connectivity index (χ2n) is 9.63. The molecule has 2 bridgehead atoms. The molecule has 0 radical (unpaired) electrons. The average molecular weight is 402 g/mol. The maximum Gasteiger partial charge on any atom is 0.274 e. The van der Waals surface area contributed by atoms with Crippen LogP contribution in [0.2, 0.25) is 0 Å². The summed E-state index contributed by atoms with van der Waals surface area (Å²) >= 11 is 0. The van der Waals surface area contributed by atoms with Crippen LogP contribution in [-0.4, -0.2) is 51.6 Å². The number of nitrogens with zero attached hydrogens (tertiary/aromatic N) is 2. The van der Waals surface area contributed by atoms with E-state index in [9.17, 15) is 9.18 Å². The number of amides is 1. The van der Waals surface area contributed by atoms with Crippen LogP contribution in [0.5, 0.6) is 0 Å². The van der Waals surface area contributed by atoms with E-state index < -0.39 is 5.91 Å². The van der Waals surface area contributed by atoms with Gasteiger partial charge in [-0.3, -0.25) is 19.8 Å². The van der Waals surface area contributed by atoms with Gasteiger partial charge in [-0.05, 0) is 80.5 Å². The molecule has 5 nitrogen and oxygen atoms in total. The number of halogens is 1. The Balaban J connectivity index is 1.32. The van der Waals surface area contributed by atoms with Gasteiger partial charge in [0.25, 0.3) is 5.91 Å². The first-order valence-corrected chi connectivity index (χ1v) is 11.3. The van der Waals surface area contributed by atoms with Gasteiger partial charge in [-0.1, -0.05) is 6.92 Å². The fourth-order valence-electron chi connectivity index (χ4n) is 6.36. The van der Waals surface area contributed by atoms with Crippen LogP contribution in [0.4, 0.5) is 4.39 Å². The van der Waals surface area contributed by atoms with Crippen LogP contribution in [0.15, 0.2) is 12.1 Å². The SMILES string of the molecule is CC[C@@H]1Cc2c(F)cc(C(=O)NO)cc2CN1CC1CC2CCC(C1)N2C1CC1. The molecule has 1 aliphatic carbocycles. The number of hydrogen-bond donors (Lipinski definition) is 2. The molecule has 3 atom stereocenters. The fraction of sp³-hybridized carbons (Fsp3) is 0.696. The van der Waals surface area contributed by atoms with Gasteiger partial charge >= 0.3 is 0 Å². The van der Waals surface area contributed by atoms with Crippen molar-refractivity contribution in [3.8, 4) is 0 Å². The van der Waals surface area contributed by atoms with Crippen LogP contribution in [0.25, 0.3) is 0 Å². The molecule has 1 amide bonds. The Morgan fingerprint density at radius 1 is 1.17 bits per heavy atom. The van der Waals surface area contributed by atoms with Gasteiger partial charge in [-0.2, -0.15) is 0 Å². The minimum absolute atomic E-state index is 0.189. The predicted octanol–water partition coefficient (Wildman–Crippen LogP) is 3.49. The Labute approximate surface area is 172 Å². The second kappa shape index (κ2) is 7.64. The van der Waals surface area contributed by atoms with Crippen molar-refractivity contribution in [2.75, 3.05) is 6.54 Å². The van der Waals surface area contributed by atoms with Crippen molar-refractivity contribution in [2.45, 2.75) is 89.0 Å². The highest BCUT2D eigenvalue weighted by Crippen LogP contribution is 2.45. The minimum Gasteiger partial charge on any atom is -0.296 e. The summed E-state index contributed by atoms with van der Waals surface area (Å²) in [6.07, 6.45) is 9.83. The molecular formula is C23H32FN3O2. The Morgan fingerprint density at radius 2 is 1.86 bits per heavy atom. The first kappa shape index (κ1) is 19.5.